The first-order chi connectivity index (χ1) is 12.6. The van der Waals surface area contributed by atoms with Gasteiger partial charge in [0.2, 0.25) is 5.28 Å². The molecule has 2 aromatic heterocycles. The van der Waals surface area contributed by atoms with Crippen LogP contribution in [0.5, 0.6) is 0 Å². The molecule has 3 heterocycles. The van der Waals surface area contributed by atoms with Crippen LogP contribution in [0.3, 0.4) is 0 Å². The van der Waals surface area contributed by atoms with E-state index in [4.69, 9.17) is 11.6 Å². The highest BCUT2D eigenvalue weighted by atomic mass is 35.5. The number of anilines is 1. The number of aromatic nitrogens is 3. The lowest BCUT2D eigenvalue weighted by atomic mass is 9.89. The van der Waals surface area contributed by atoms with Crippen molar-refractivity contribution >= 4 is 39.1 Å². The Labute approximate surface area is 163 Å². The van der Waals surface area contributed by atoms with Crippen LogP contribution in [-0.2, 0) is 6.42 Å². The number of nitrogens with zero attached hydrogens (tertiary/aromatic N) is 4. The fraction of sp³-hybridized carbons (Fsp3) is 0.722. The van der Waals surface area contributed by atoms with Gasteiger partial charge in [0.05, 0.1) is 11.1 Å². The molecule has 0 unspecified atom stereocenters. The predicted molar refractivity (Wildman–Crippen MR) is 106 cm³/mol. The number of nitrogens with one attached hydrogen (secondary N) is 1. The summed E-state index contributed by atoms with van der Waals surface area (Å²) in [5, 5.41) is 14.6. The SMILES string of the molecule is CCc1nc2c(NC3CCC(N4CCC(O)CC4)CC3)nc(Cl)nc2s1. The standard InChI is InChI=1S/C18H26ClN5OS/c1-2-14-21-15-16(22-18(19)23-17(15)26-14)20-11-3-5-12(6-4-11)24-9-7-13(25)8-10-24/h11-13,25H,2-10H2,1H3,(H,20,22,23). The maximum absolute atomic E-state index is 9.70. The van der Waals surface area contributed by atoms with Crippen LogP contribution in [0.25, 0.3) is 10.3 Å². The van der Waals surface area contributed by atoms with Crippen molar-refractivity contribution in [1.82, 2.24) is 19.9 Å². The van der Waals surface area contributed by atoms with Gasteiger partial charge in [0, 0.05) is 25.2 Å². The summed E-state index contributed by atoms with van der Waals surface area (Å²) < 4.78 is 0. The number of piperidine rings is 1. The zero-order valence-corrected chi connectivity index (χ0v) is 16.7. The Morgan fingerprint density at radius 2 is 1.85 bits per heavy atom. The number of halogens is 1. The molecule has 1 aliphatic heterocycles. The molecular weight excluding hydrogens is 370 g/mol. The van der Waals surface area contributed by atoms with Crippen LogP contribution in [0.2, 0.25) is 5.28 Å². The van der Waals surface area contributed by atoms with Crippen molar-refractivity contribution in [3.05, 3.63) is 10.3 Å². The molecule has 0 atom stereocenters. The van der Waals surface area contributed by atoms with Crippen molar-refractivity contribution in [3.8, 4) is 0 Å². The van der Waals surface area contributed by atoms with E-state index >= 15 is 0 Å². The number of rotatable bonds is 4. The quantitative estimate of drug-likeness (QED) is 0.772. The highest BCUT2D eigenvalue weighted by Crippen LogP contribution is 2.31. The maximum Gasteiger partial charge on any atom is 0.225 e. The molecule has 0 bridgehead atoms. The van der Waals surface area contributed by atoms with Crippen LogP contribution >= 0.6 is 22.9 Å². The Hall–Kier alpha value is -1.02. The van der Waals surface area contributed by atoms with E-state index in [9.17, 15) is 5.11 Å². The third-order valence-corrected chi connectivity index (χ3v) is 6.89. The largest absolute Gasteiger partial charge is 0.393 e. The van der Waals surface area contributed by atoms with E-state index in [2.05, 4.69) is 32.1 Å². The van der Waals surface area contributed by atoms with E-state index in [1.54, 1.807) is 11.3 Å². The number of fused-ring (bicyclic) bond motifs is 1. The molecule has 26 heavy (non-hydrogen) atoms. The van der Waals surface area contributed by atoms with Gasteiger partial charge >= 0.3 is 0 Å². The molecule has 0 spiro atoms. The number of thiazole rings is 1. The van der Waals surface area contributed by atoms with Crippen LogP contribution in [0.1, 0.15) is 50.5 Å². The van der Waals surface area contributed by atoms with Gasteiger partial charge in [-0.15, -0.1) is 0 Å². The Bertz CT molecular complexity index is 753. The van der Waals surface area contributed by atoms with Gasteiger partial charge in [-0.05, 0) is 56.5 Å². The average Bonchev–Trinajstić information content (AvgIpc) is 3.06. The van der Waals surface area contributed by atoms with Gasteiger partial charge in [-0.1, -0.05) is 18.3 Å². The van der Waals surface area contributed by atoms with E-state index < -0.39 is 0 Å². The van der Waals surface area contributed by atoms with E-state index in [0.29, 0.717) is 12.1 Å². The van der Waals surface area contributed by atoms with Crippen LogP contribution < -0.4 is 5.32 Å². The van der Waals surface area contributed by atoms with Gasteiger partial charge in [0.1, 0.15) is 5.52 Å². The van der Waals surface area contributed by atoms with Crippen molar-refractivity contribution < 1.29 is 5.11 Å². The lowest BCUT2D eigenvalue weighted by Crippen LogP contribution is -2.45. The zero-order valence-electron chi connectivity index (χ0n) is 15.1. The number of likely N-dealkylation sites (tertiary alicyclic amines) is 1. The summed E-state index contributed by atoms with van der Waals surface area (Å²) >= 11 is 7.71. The van der Waals surface area contributed by atoms with Crippen LogP contribution in [0, 0.1) is 0 Å². The zero-order chi connectivity index (χ0) is 18.1. The summed E-state index contributed by atoms with van der Waals surface area (Å²) in [5.41, 5.74) is 0.850. The summed E-state index contributed by atoms with van der Waals surface area (Å²) in [7, 11) is 0. The number of aliphatic hydroxyl groups excluding tert-OH is 1. The van der Waals surface area contributed by atoms with Gasteiger partial charge in [0.15, 0.2) is 10.6 Å². The first kappa shape index (κ1) is 18.3. The van der Waals surface area contributed by atoms with Crippen LogP contribution in [-0.4, -0.2) is 56.2 Å². The second-order valence-electron chi connectivity index (χ2n) is 7.37. The number of aliphatic hydroxyl groups is 1. The first-order valence-corrected chi connectivity index (χ1v) is 10.8. The minimum Gasteiger partial charge on any atom is -0.393 e. The van der Waals surface area contributed by atoms with Crippen LogP contribution in [0.15, 0.2) is 0 Å². The second-order valence-corrected chi connectivity index (χ2v) is 8.77. The lowest BCUT2D eigenvalue weighted by molar-refractivity contribution is 0.0495. The Balaban J connectivity index is 1.40. The van der Waals surface area contributed by atoms with Crippen molar-refractivity contribution in [2.45, 2.75) is 70.1 Å². The monoisotopic (exact) mass is 395 g/mol. The average molecular weight is 396 g/mol. The van der Waals surface area contributed by atoms with Gasteiger partial charge in [-0.2, -0.15) is 4.98 Å². The van der Waals surface area contributed by atoms with Crippen molar-refractivity contribution in [2.24, 2.45) is 0 Å². The molecule has 142 valence electrons. The van der Waals surface area contributed by atoms with Gasteiger partial charge in [-0.25, -0.2) is 9.97 Å². The molecular formula is C18H26ClN5OS. The molecule has 2 aliphatic rings. The van der Waals surface area contributed by atoms with Crippen molar-refractivity contribution in [1.29, 1.82) is 0 Å². The van der Waals surface area contributed by atoms with E-state index in [1.165, 1.54) is 12.8 Å². The summed E-state index contributed by atoms with van der Waals surface area (Å²) in [6.07, 6.45) is 7.25. The molecule has 6 nitrogen and oxygen atoms in total. The highest BCUT2D eigenvalue weighted by Gasteiger charge is 2.29. The first-order valence-electron chi connectivity index (χ1n) is 9.64. The number of aryl methyl sites for hydroxylation is 1. The number of hydrogen-bond donors (Lipinski definition) is 2. The van der Waals surface area contributed by atoms with Gasteiger partial charge in [-0.3, -0.25) is 0 Å². The minimum atomic E-state index is -0.0969. The fourth-order valence-corrected chi connectivity index (χ4v) is 5.22. The van der Waals surface area contributed by atoms with Gasteiger partial charge < -0.3 is 15.3 Å². The molecule has 2 fully saturated rings. The summed E-state index contributed by atoms with van der Waals surface area (Å²) in [4.78, 5) is 16.8. The van der Waals surface area contributed by atoms with Crippen LogP contribution in [0.4, 0.5) is 5.82 Å². The topological polar surface area (TPSA) is 74.2 Å². The Morgan fingerprint density at radius 3 is 2.54 bits per heavy atom. The molecule has 8 heteroatoms. The van der Waals surface area contributed by atoms with Crippen molar-refractivity contribution in [2.75, 3.05) is 18.4 Å². The molecule has 0 radical (unpaired) electrons. The number of hydrogen-bond acceptors (Lipinski definition) is 7. The molecule has 1 saturated carbocycles. The minimum absolute atomic E-state index is 0.0969. The fourth-order valence-electron chi connectivity index (χ4n) is 4.12. The second kappa shape index (κ2) is 7.92. The Morgan fingerprint density at radius 1 is 1.12 bits per heavy atom. The molecule has 1 saturated heterocycles. The van der Waals surface area contributed by atoms with Gasteiger partial charge in [0.25, 0.3) is 0 Å². The Kier molecular flexibility index (Phi) is 5.59. The predicted octanol–water partition coefficient (Wildman–Crippen LogP) is 3.48. The molecule has 2 aromatic rings. The highest BCUT2D eigenvalue weighted by molar-refractivity contribution is 7.18. The van der Waals surface area contributed by atoms with E-state index in [-0.39, 0.29) is 11.4 Å². The summed E-state index contributed by atoms with van der Waals surface area (Å²) in [5.74, 6) is 0.778. The molecule has 0 aromatic carbocycles. The van der Waals surface area contributed by atoms with Crippen molar-refractivity contribution in [3.63, 3.8) is 0 Å². The van der Waals surface area contributed by atoms with E-state index in [0.717, 1.165) is 66.4 Å². The third kappa shape index (κ3) is 3.96. The maximum atomic E-state index is 9.70. The molecule has 2 N–H and O–H groups in total. The summed E-state index contributed by atoms with van der Waals surface area (Å²) in [6.45, 7) is 4.16. The third-order valence-electron chi connectivity index (χ3n) is 5.63. The summed E-state index contributed by atoms with van der Waals surface area (Å²) in [6, 6.07) is 1.06. The normalized spacial score (nSPS) is 25.7. The van der Waals surface area contributed by atoms with E-state index in [1.807, 2.05) is 0 Å². The molecule has 0 amide bonds. The lowest BCUT2D eigenvalue weighted by Gasteiger charge is -2.40. The molecule has 4 rings (SSSR count). The molecule has 1 aliphatic carbocycles. The smallest absolute Gasteiger partial charge is 0.225 e.